The average molecular weight is 332 g/mol. The summed E-state index contributed by atoms with van der Waals surface area (Å²) in [6.07, 6.45) is -0.376. The van der Waals surface area contributed by atoms with Gasteiger partial charge in [0.25, 0.3) is 5.91 Å². The van der Waals surface area contributed by atoms with Gasteiger partial charge in [-0.3, -0.25) is 9.59 Å². The standard InChI is InChI=1S/C17H14ClNO4/c1-23-11-5-2-4-10(8-11)14(20)9-17(22)12-6-3-7-13(18)15(12)19-16(17)21/h2-8,22H,9H2,1H3,(H,19,21)/t17-/m0/s1. The molecule has 2 aromatic rings. The van der Waals surface area contributed by atoms with Crippen molar-refractivity contribution in [3.05, 3.63) is 58.6 Å². The van der Waals surface area contributed by atoms with E-state index in [0.29, 0.717) is 27.6 Å². The molecular formula is C17H14ClNO4. The minimum Gasteiger partial charge on any atom is -0.497 e. The molecule has 2 aromatic carbocycles. The smallest absolute Gasteiger partial charge is 0.261 e. The Labute approximate surface area is 137 Å². The molecule has 0 spiro atoms. The van der Waals surface area contributed by atoms with Gasteiger partial charge in [-0.2, -0.15) is 0 Å². The van der Waals surface area contributed by atoms with Crippen LogP contribution in [0.15, 0.2) is 42.5 Å². The van der Waals surface area contributed by atoms with Crippen molar-refractivity contribution in [1.82, 2.24) is 0 Å². The van der Waals surface area contributed by atoms with Gasteiger partial charge in [0.2, 0.25) is 0 Å². The van der Waals surface area contributed by atoms with E-state index >= 15 is 0 Å². The summed E-state index contributed by atoms with van der Waals surface area (Å²) in [6.45, 7) is 0. The largest absolute Gasteiger partial charge is 0.497 e. The zero-order chi connectivity index (χ0) is 16.6. The second kappa shape index (κ2) is 5.68. The van der Waals surface area contributed by atoms with Crippen LogP contribution in [-0.2, 0) is 10.4 Å². The summed E-state index contributed by atoms with van der Waals surface area (Å²) < 4.78 is 5.08. The number of methoxy groups -OCH3 is 1. The van der Waals surface area contributed by atoms with Gasteiger partial charge in [0.05, 0.1) is 24.2 Å². The summed E-state index contributed by atoms with van der Waals surface area (Å²) in [6, 6.07) is 11.4. The molecule has 0 bridgehead atoms. The molecule has 0 saturated heterocycles. The van der Waals surface area contributed by atoms with E-state index in [1.807, 2.05) is 0 Å². The van der Waals surface area contributed by atoms with Crippen molar-refractivity contribution in [3.8, 4) is 5.75 Å². The highest BCUT2D eigenvalue weighted by Gasteiger charge is 2.47. The number of anilines is 1. The number of amides is 1. The third-order valence-corrected chi connectivity index (χ3v) is 4.20. The number of hydrogen-bond donors (Lipinski definition) is 2. The predicted molar refractivity (Wildman–Crippen MR) is 85.9 cm³/mol. The van der Waals surface area contributed by atoms with Crippen molar-refractivity contribution in [1.29, 1.82) is 0 Å². The fourth-order valence-corrected chi connectivity index (χ4v) is 2.86. The monoisotopic (exact) mass is 331 g/mol. The van der Waals surface area contributed by atoms with E-state index in [1.54, 1.807) is 42.5 Å². The van der Waals surface area contributed by atoms with Crippen molar-refractivity contribution < 1.29 is 19.4 Å². The Kier molecular flexibility index (Phi) is 3.83. The third-order valence-electron chi connectivity index (χ3n) is 3.88. The molecule has 118 valence electrons. The molecule has 3 rings (SSSR count). The Bertz CT molecular complexity index is 805. The number of rotatable bonds is 4. The lowest BCUT2D eigenvalue weighted by Crippen LogP contribution is -2.36. The highest BCUT2D eigenvalue weighted by molar-refractivity contribution is 6.34. The maximum atomic E-state index is 12.5. The van der Waals surface area contributed by atoms with E-state index in [2.05, 4.69) is 5.32 Å². The zero-order valence-electron chi connectivity index (χ0n) is 12.3. The topological polar surface area (TPSA) is 75.6 Å². The maximum absolute atomic E-state index is 12.5. The molecule has 0 saturated carbocycles. The van der Waals surface area contributed by atoms with Gasteiger partial charge in [0.15, 0.2) is 11.4 Å². The molecule has 0 aromatic heterocycles. The Morgan fingerprint density at radius 1 is 1.30 bits per heavy atom. The number of para-hydroxylation sites is 1. The molecule has 1 atom stereocenters. The van der Waals surface area contributed by atoms with Crippen LogP contribution in [-0.4, -0.2) is 23.9 Å². The van der Waals surface area contributed by atoms with Crippen LogP contribution in [0.5, 0.6) is 5.75 Å². The van der Waals surface area contributed by atoms with E-state index in [9.17, 15) is 14.7 Å². The number of fused-ring (bicyclic) bond motifs is 1. The molecule has 23 heavy (non-hydrogen) atoms. The number of Topliss-reactive ketones (excluding diaryl/α,β-unsaturated/α-hetero) is 1. The summed E-state index contributed by atoms with van der Waals surface area (Å²) in [7, 11) is 1.50. The highest BCUT2D eigenvalue weighted by Crippen LogP contribution is 2.42. The SMILES string of the molecule is COc1cccc(C(=O)C[C@@]2(O)C(=O)Nc3c(Cl)cccc32)c1. The van der Waals surface area contributed by atoms with Crippen LogP contribution in [0.4, 0.5) is 5.69 Å². The maximum Gasteiger partial charge on any atom is 0.261 e. The average Bonchev–Trinajstić information content (AvgIpc) is 2.80. The van der Waals surface area contributed by atoms with Crippen molar-refractivity contribution >= 4 is 29.0 Å². The Balaban J connectivity index is 1.94. The molecule has 0 fully saturated rings. The van der Waals surface area contributed by atoms with Crippen molar-refractivity contribution in [2.45, 2.75) is 12.0 Å². The van der Waals surface area contributed by atoms with Crippen LogP contribution in [0.25, 0.3) is 0 Å². The molecule has 5 nitrogen and oxygen atoms in total. The summed E-state index contributed by atoms with van der Waals surface area (Å²) >= 11 is 6.03. The van der Waals surface area contributed by atoms with Crippen LogP contribution in [0.1, 0.15) is 22.3 Å². The Morgan fingerprint density at radius 3 is 2.78 bits per heavy atom. The van der Waals surface area contributed by atoms with E-state index in [-0.39, 0.29) is 12.2 Å². The zero-order valence-corrected chi connectivity index (χ0v) is 13.1. The molecular weight excluding hydrogens is 318 g/mol. The van der Waals surface area contributed by atoms with Gasteiger partial charge in [-0.15, -0.1) is 0 Å². The number of hydrogen-bond acceptors (Lipinski definition) is 4. The molecule has 1 amide bonds. The second-order valence-corrected chi connectivity index (χ2v) is 5.72. The number of aliphatic hydroxyl groups is 1. The van der Waals surface area contributed by atoms with Gasteiger partial charge in [0, 0.05) is 11.1 Å². The van der Waals surface area contributed by atoms with E-state index in [4.69, 9.17) is 16.3 Å². The van der Waals surface area contributed by atoms with Crippen molar-refractivity contribution in [2.24, 2.45) is 0 Å². The van der Waals surface area contributed by atoms with Gasteiger partial charge < -0.3 is 15.2 Å². The van der Waals surface area contributed by atoms with Gasteiger partial charge >= 0.3 is 0 Å². The van der Waals surface area contributed by atoms with Crippen LogP contribution < -0.4 is 10.1 Å². The third kappa shape index (κ3) is 2.58. The van der Waals surface area contributed by atoms with Crippen molar-refractivity contribution in [3.63, 3.8) is 0 Å². The fourth-order valence-electron chi connectivity index (χ4n) is 2.64. The molecule has 1 heterocycles. The lowest BCUT2D eigenvalue weighted by atomic mass is 9.88. The highest BCUT2D eigenvalue weighted by atomic mass is 35.5. The number of carbonyl (C=O) groups is 2. The molecule has 1 aliphatic rings. The first kappa shape index (κ1) is 15.5. The first-order valence-corrected chi connectivity index (χ1v) is 7.33. The van der Waals surface area contributed by atoms with Gasteiger partial charge in [0.1, 0.15) is 5.75 Å². The van der Waals surface area contributed by atoms with Crippen LogP contribution >= 0.6 is 11.6 Å². The van der Waals surface area contributed by atoms with E-state index < -0.39 is 11.5 Å². The Morgan fingerprint density at radius 2 is 2.04 bits per heavy atom. The fraction of sp³-hybridized carbons (Fsp3) is 0.176. The number of ketones is 1. The lowest BCUT2D eigenvalue weighted by Gasteiger charge is -2.20. The normalized spacial score (nSPS) is 19.2. The summed E-state index contributed by atoms with van der Waals surface area (Å²) in [5.74, 6) is -0.492. The molecule has 6 heteroatoms. The summed E-state index contributed by atoms with van der Waals surface area (Å²) in [5, 5.41) is 13.6. The summed E-state index contributed by atoms with van der Waals surface area (Å²) in [5.41, 5.74) is -0.909. The second-order valence-electron chi connectivity index (χ2n) is 5.31. The van der Waals surface area contributed by atoms with Crippen LogP contribution in [0, 0.1) is 0 Å². The minimum absolute atomic E-state index is 0.311. The molecule has 1 aliphatic heterocycles. The quantitative estimate of drug-likeness (QED) is 0.845. The molecule has 2 N–H and O–H groups in total. The number of benzene rings is 2. The first-order valence-electron chi connectivity index (χ1n) is 6.96. The van der Waals surface area contributed by atoms with Crippen LogP contribution in [0.3, 0.4) is 0 Å². The van der Waals surface area contributed by atoms with E-state index in [0.717, 1.165) is 0 Å². The van der Waals surface area contributed by atoms with Gasteiger partial charge in [-0.25, -0.2) is 0 Å². The number of halogens is 1. The molecule has 0 radical (unpaired) electrons. The van der Waals surface area contributed by atoms with Crippen molar-refractivity contribution in [2.75, 3.05) is 12.4 Å². The predicted octanol–water partition coefficient (Wildman–Crippen LogP) is 2.76. The van der Waals surface area contributed by atoms with Crippen LogP contribution in [0.2, 0.25) is 5.02 Å². The van der Waals surface area contributed by atoms with Gasteiger partial charge in [-0.1, -0.05) is 35.9 Å². The first-order chi connectivity index (χ1) is 11.0. The van der Waals surface area contributed by atoms with E-state index in [1.165, 1.54) is 7.11 Å². The number of nitrogens with one attached hydrogen (secondary N) is 1. The summed E-state index contributed by atoms with van der Waals surface area (Å²) in [4.78, 5) is 24.7. The lowest BCUT2D eigenvalue weighted by molar-refractivity contribution is -0.133. The minimum atomic E-state index is -1.93. The number of ether oxygens (including phenoxy) is 1. The Hall–Kier alpha value is -2.37. The number of carbonyl (C=O) groups excluding carboxylic acids is 2. The van der Waals surface area contributed by atoms with Gasteiger partial charge in [-0.05, 0) is 18.2 Å². The molecule has 0 aliphatic carbocycles. The molecule has 0 unspecified atom stereocenters.